The number of hydrogen-bond acceptors (Lipinski definition) is 5. The second kappa shape index (κ2) is 9.99. The van der Waals surface area contributed by atoms with E-state index in [1.165, 1.54) is 40.7 Å². The van der Waals surface area contributed by atoms with Crippen LogP contribution in [0.25, 0.3) is 0 Å². The molecule has 0 aliphatic heterocycles. The number of sulfonamides is 1. The van der Waals surface area contributed by atoms with E-state index in [1.807, 2.05) is 0 Å². The Morgan fingerprint density at radius 1 is 0.933 bits per heavy atom. The van der Waals surface area contributed by atoms with Crippen LogP contribution in [0.2, 0.25) is 0 Å². The molecule has 0 fully saturated rings. The molecule has 9 nitrogen and oxygen atoms in total. The Hall–Kier alpha value is -3.24. The van der Waals surface area contributed by atoms with Gasteiger partial charge in [-0.2, -0.15) is 4.31 Å². The summed E-state index contributed by atoms with van der Waals surface area (Å²) in [6.45, 7) is 3.82. The van der Waals surface area contributed by atoms with E-state index in [0.29, 0.717) is 18.8 Å². The van der Waals surface area contributed by atoms with Crippen LogP contribution in [-0.2, 0) is 14.8 Å². The Balaban J connectivity index is 2.20. The first-order valence-corrected chi connectivity index (χ1v) is 10.7. The summed E-state index contributed by atoms with van der Waals surface area (Å²) >= 11 is 0. The van der Waals surface area contributed by atoms with Crippen molar-refractivity contribution in [2.45, 2.75) is 18.7 Å². The zero-order valence-corrected chi connectivity index (χ0v) is 17.5. The van der Waals surface area contributed by atoms with Crippen molar-refractivity contribution in [3.63, 3.8) is 0 Å². The van der Waals surface area contributed by atoms with E-state index < -0.39 is 27.7 Å². The Bertz CT molecular complexity index is 1050. The third-order valence-corrected chi connectivity index (χ3v) is 6.29. The summed E-state index contributed by atoms with van der Waals surface area (Å²) in [6.07, 6.45) is 0. The largest absolute Gasteiger partial charge is 0.368 e. The van der Waals surface area contributed by atoms with Gasteiger partial charge in [-0.25, -0.2) is 8.42 Å². The Labute approximate surface area is 175 Å². The fraction of sp³-hybridized carbons (Fsp3) is 0.250. The molecule has 0 aliphatic carbocycles. The highest BCUT2D eigenvalue weighted by Gasteiger charge is 2.22. The molecular formula is C20H24N4O5S. The molecule has 2 rings (SSSR count). The molecule has 0 saturated heterocycles. The first-order valence-electron chi connectivity index (χ1n) is 9.27. The van der Waals surface area contributed by atoms with Crippen LogP contribution in [0.1, 0.15) is 34.6 Å². The second-order valence-corrected chi connectivity index (χ2v) is 8.24. The highest BCUT2D eigenvalue weighted by atomic mass is 32.2. The van der Waals surface area contributed by atoms with Gasteiger partial charge in [-0.15, -0.1) is 0 Å². The molecule has 4 N–H and O–H groups in total. The van der Waals surface area contributed by atoms with E-state index in [2.05, 4.69) is 10.6 Å². The number of primary amides is 1. The van der Waals surface area contributed by atoms with Crippen LogP contribution in [0, 0.1) is 0 Å². The minimum Gasteiger partial charge on any atom is -0.368 e. The minimum absolute atomic E-state index is 0.0263. The molecule has 2 aromatic rings. The molecule has 0 atom stereocenters. The Morgan fingerprint density at radius 3 is 2.13 bits per heavy atom. The highest BCUT2D eigenvalue weighted by molar-refractivity contribution is 7.89. The van der Waals surface area contributed by atoms with Gasteiger partial charge in [0.25, 0.3) is 11.8 Å². The third-order valence-electron chi connectivity index (χ3n) is 4.25. The molecule has 10 heteroatoms. The molecule has 0 spiro atoms. The van der Waals surface area contributed by atoms with Gasteiger partial charge in [-0.3, -0.25) is 14.4 Å². The van der Waals surface area contributed by atoms with Crippen LogP contribution < -0.4 is 16.4 Å². The van der Waals surface area contributed by atoms with Gasteiger partial charge in [0.05, 0.1) is 11.4 Å². The first-order chi connectivity index (χ1) is 14.2. The van der Waals surface area contributed by atoms with E-state index >= 15 is 0 Å². The van der Waals surface area contributed by atoms with Crippen molar-refractivity contribution in [2.24, 2.45) is 5.73 Å². The van der Waals surface area contributed by atoms with Gasteiger partial charge in [0.1, 0.15) is 0 Å². The Kier molecular flexibility index (Phi) is 7.67. The fourth-order valence-electron chi connectivity index (χ4n) is 2.72. The molecule has 0 radical (unpaired) electrons. The number of benzene rings is 2. The average Bonchev–Trinajstić information content (AvgIpc) is 2.73. The summed E-state index contributed by atoms with van der Waals surface area (Å²) in [5.41, 5.74) is 5.73. The van der Waals surface area contributed by atoms with E-state index in [0.717, 1.165) is 0 Å². The van der Waals surface area contributed by atoms with Gasteiger partial charge in [0.15, 0.2) is 0 Å². The molecule has 2 aromatic carbocycles. The van der Waals surface area contributed by atoms with E-state index in [-0.39, 0.29) is 22.6 Å². The van der Waals surface area contributed by atoms with Crippen molar-refractivity contribution >= 4 is 33.4 Å². The average molecular weight is 433 g/mol. The Morgan fingerprint density at radius 2 is 1.53 bits per heavy atom. The van der Waals surface area contributed by atoms with Crippen LogP contribution in [0.5, 0.6) is 0 Å². The SMILES string of the molecule is CCN(CC)S(=O)(=O)c1cccc(C(=O)Nc2cccc(C(=O)NCC(N)=O)c2)c1. The molecule has 0 aromatic heterocycles. The minimum atomic E-state index is -3.70. The normalized spacial score (nSPS) is 11.2. The molecule has 0 saturated carbocycles. The lowest BCUT2D eigenvalue weighted by Crippen LogP contribution is -2.33. The van der Waals surface area contributed by atoms with Gasteiger partial charge in [0.2, 0.25) is 15.9 Å². The zero-order valence-electron chi connectivity index (χ0n) is 16.7. The second-order valence-electron chi connectivity index (χ2n) is 6.30. The van der Waals surface area contributed by atoms with E-state index in [4.69, 9.17) is 5.73 Å². The van der Waals surface area contributed by atoms with Crippen LogP contribution in [-0.4, -0.2) is 50.1 Å². The molecule has 30 heavy (non-hydrogen) atoms. The van der Waals surface area contributed by atoms with Crippen molar-refractivity contribution < 1.29 is 22.8 Å². The highest BCUT2D eigenvalue weighted by Crippen LogP contribution is 2.18. The first kappa shape index (κ1) is 23.0. The predicted molar refractivity (Wildman–Crippen MR) is 112 cm³/mol. The number of nitrogens with two attached hydrogens (primary N) is 1. The quantitative estimate of drug-likeness (QED) is 0.546. The molecule has 160 valence electrons. The summed E-state index contributed by atoms with van der Waals surface area (Å²) in [7, 11) is -3.70. The van der Waals surface area contributed by atoms with Crippen molar-refractivity contribution in [2.75, 3.05) is 25.0 Å². The lowest BCUT2D eigenvalue weighted by molar-refractivity contribution is -0.117. The summed E-state index contributed by atoms with van der Waals surface area (Å²) in [4.78, 5) is 35.5. The lowest BCUT2D eigenvalue weighted by Gasteiger charge is -2.18. The van der Waals surface area contributed by atoms with Gasteiger partial charge in [0, 0.05) is 29.9 Å². The van der Waals surface area contributed by atoms with Gasteiger partial charge in [-0.1, -0.05) is 26.0 Å². The van der Waals surface area contributed by atoms with E-state index in [1.54, 1.807) is 26.0 Å². The maximum atomic E-state index is 12.7. The number of carbonyl (C=O) groups excluding carboxylic acids is 3. The zero-order chi connectivity index (χ0) is 22.3. The van der Waals surface area contributed by atoms with Crippen molar-refractivity contribution in [3.05, 3.63) is 59.7 Å². The third kappa shape index (κ3) is 5.65. The van der Waals surface area contributed by atoms with Crippen LogP contribution in [0.15, 0.2) is 53.4 Å². The van der Waals surface area contributed by atoms with Crippen LogP contribution in [0.3, 0.4) is 0 Å². The molecule has 0 aliphatic rings. The monoisotopic (exact) mass is 432 g/mol. The number of rotatable bonds is 9. The lowest BCUT2D eigenvalue weighted by atomic mass is 10.1. The summed E-state index contributed by atoms with van der Waals surface area (Å²) in [5.74, 6) is -1.72. The predicted octanol–water partition coefficient (Wildman–Crippen LogP) is 1.18. The van der Waals surface area contributed by atoms with Crippen molar-refractivity contribution in [3.8, 4) is 0 Å². The summed E-state index contributed by atoms with van der Waals surface area (Å²) < 4.78 is 26.7. The van der Waals surface area contributed by atoms with Gasteiger partial charge in [-0.05, 0) is 36.4 Å². The fourth-order valence-corrected chi connectivity index (χ4v) is 4.23. The maximum absolute atomic E-state index is 12.7. The molecule has 0 heterocycles. The van der Waals surface area contributed by atoms with Gasteiger partial charge >= 0.3 is 0 Å². The number of anilines is 1. The maximum Gasteiger partial charge on any atom is 0.255 e. The number of amides is 3. The summed E-state index contributed by atoms with van der Waals surface area (Å²) in [5, 5.41) is 4.99. The summed E-state index contributed by atoms with van der Waals surface area (Å²) in [6, 6.07) is 11.9. The van der Waals surface area contributed by atoms with E-state index in [9.17, 15) is 22.8 Å². The topological polar surface area (TPSA) is 139 Å². The number of nitrogens with one attached hydrogen (secondary N) is 2. The van der Waals surface area contributed by atoms with Gasteiger partial charge < -0.3 is 16.4 Å². The molecular weight excluding hydrogens is 408 g/mol. The van der Waals surface area contributed by atoms with Crippen LogP contribution in [0.4, 0.5) is 5.69 Å². The number of hydrogen-bond donors (Lipinski definition) is 3. The number of carbonyl (C=O) groups is 3. The molecule has 0 unspecified atom stereocenters. The smallest absolute Gasteiger partial charge is 0.255 e. The van der Waals surface area contributed by atoms with Crippen molar-refractivity contribution in [1.29, 1.82) is 0 Å². The molecule has 0 bridgehead atoms. The number of nitrogens with zero attached hydrogens (tertiary/aromatic N) is 1. The van der Waals surface area contributed by atoms with Crippen molar-refractivity contribution in [1.82, 2.24) is 9.62 Å². The molecule has 3 amide bonds. The standard InChI is InChI=1S/C20H24N4O5S/c1-3-24(4-2)30(28,29)17-10-6-8-15(12-17)20(27)23-16-9-5-7-14(11-16)19(26)22-13-18(21)25/h5-12H,3-4,13H2,1-2H3,(H2,21,25)(H,22,26)(H,23,27). The van der Waals surface area contributed by atoms with Crippen LogP contribution >= 0.6 is 0 Å².